The van der Waals surface area contributed by atoms with Crippen LogP contribution in [0, 0.1) is 13.8 Å². The standard InChI is InChI=1S/2C7H9NO.C7H18Si.C6H6N/c2*1-6-4-3-5-7(8-6)9-2;1-5-8(4,6-2)7-3;1-6-4-2-3-5-7-6/h2*3-5H,1-2H3;5-7H2,1-4H3;2-4H,1H3/q;;;+1. The second-order valence-corrected chi connectivity index (χ2v) is 13.7. The number of hydrogen-bond donors (Lipinski definition) is 0. The first-order valence-corrected chi connectivity index (χ1v) is 14.6. The molecule has 0 aromatic carbocycles. The molecule has 6 heteroatoms. The third kappa shape index (κ3) is 14.8. The van der Waals surface area contributed by atoms with Gasteiger partial charge >= 0.3 is 0 Å². The van der Waals surface area contributed by atoms with Gasteiger partial charge in [-0.3, -0.25) is 0 Å². The van der Waals surface area contributed by atoms with Crippen LogP contribution < -0.4 is 9.47 Å². The van der Waals surface area contributed by atoms with Crippen molar-refractivity contribution >= 4 is 14.3 Å². The molecule has 0 aliphatic carbocycles. The smallest absolute Gasteiger partial charge is 0.213 e. The lowest BCUT2D eigenvalue weighted by Crippen LogP contribution is -2.25. The van der Waals surface area contributed by atoms with Crippen LogP contribution >= 0.6 is 0 Å². The van der Waals surface area contributed by atoms with Crippen molar-refractivity contribution in [2.24, 2.45) is 4.99 Å². The highest BCUT2D eigenvalue weighted by Crippen LogP contribution is 2.18. The molecule has 0 saturated heterocycles. The van der Waals surface area contributed by atoms with Crippen LogP contribution in [0.2, 0.25) is 24.7 Å². The van der Waals surface area contributed by atoms with E-state index in [4.69, 9.17) is 9.47 Å². The Kier molecular flexibility index (Phi) is 16.2. The fourth-order valence-corrected chi connectivity index (χ4v) is 3.92. The average molecular weight is 469 g/mol. The predicted octanol–water partition coefficient (Wildman–Crippen LogP) is 7.33. The Morgan fingerprint density at radius 1 is 0.788 bits per heavy atom. The number of aromatic nitrogens is 2. The summed E-state index contributed by atoms with van der Waals surface area (Å²) in [4.78, 5) is 12.0. The van der Waals surface area contributed by atoms with Gasteiger partial charge in [0.25, 0.3) is 0 Å². The van der Waals surface area contributed by atoms with E-state index in [2.05, 4.69) is 48.5 Å². The minimum Gasteiger partial charge on any atom is -0.481 e. The molecule has 2 aromatic heterocycles. The lowest BCUT2D eigenvalue weighted by molar-refractivity contribution is 0.397. The molecule has 0 unspecified atom stereocenters. The summed E-state index contributed by atoms with van der Waals surface area (Å²) in [7, 11) is 2.55. The zero-order valence-electron chi connectivity index (χ0n) is 22.0. The van der Waals surface area contributed by atoms with Gasteiger partial charge in [-0.25, -0.2) is 9.97 Å². The van der Waals surface area contributed by atoms with Crippen molar-refractivity contribution in [3.8, 4) is 11.8 Å². The fourth-order valence-electron chi connectivity index (χ4n) is 2.42. The molecule has 180 valence electrons. The van der Waals surface area contributed by atoms with Crippen molar-refractivity contribution in [1.29, 1.82) is 0 Å². The van der Waals surface area contributed by atoms with Crippen molar-refractivity contribution in [1.82, 2.24) is 9.97 Å². The minimum atomic E-state index is -0.671. The van der Waals surface area contributed by atoms with Gasteiger partial charge in [0.05, 0.1) is 26.4 Å². The van der Waals surface area contributed by atoms with Crippen molar-refractivity contribution in [3.05, 3.63) is 71.7 Å². The van der Waals surface area contributed by atoms with Gasteiger partial charge in [-0.05, 0) is 26.0 Å². The lowest BCUT2D eigenvalue weighted by Gasteiger charge is -2.20. The minimum absolute atomic E-state index is 0.671. The van der Waals surface area contributed by atoms with Gasteiger partial charge in [-0.2, -0.15) is 0 Å². The normalized spacial score (nSPS) is 11.2. The van der Waals surface area contributed by atoms with Gasteiger partial charge in [-0.15, -0.1) is 0 Å². The summed E-state index contributed by atoms with van der Waals surface area (Å²) in [6, 6.07) is 15.7. The zero-order chi connectivity index (χ0) is 25.1. The SMILES string of the molecule is CC1=CC=C[C+]=N1.CC[Si](C)(CC)CC.COc1cccc(C)n1.COc1cccc(C)n1. The Bertz CT molecular complexity index is 821. The molecular formula is C27H42N3O2Si+. The number of methoxy groups -OCH3 is 2. The average Bonchev–Trinajstić information content (AvgIpc) is 2.85. The molecule has 0 radical (unpaired) electrons. The third-order valence-electron chi connectivity index (χ3n) is 5.45. The van der Waals surface area contributed by atoms with Crippen LogP contribution in [-0.4, -0.2) is 38.5 Å². The fraction of sp³-hybridized carbons (Fsp3) is 0.444. The van der Waals surface area contributed by atoms with Gasteiger partial charge in [0.15, 0.2) is 11.9 Å². The molecule has 0 spiro atoms. The monoisotopic (exact) mass is 468 g/mol. The highest BCUT2D eigenvalue weighted by molar-refractivity contribution is 6.78. The zero-order valence-corrected chi connectivity index (χ0v) is 23.0. The summed E-state index contributed by atoms with van der Waals surface area (Å²) in [6.45, 7) is 15.3. The Morgan fingerprint density at radius 3 is 1.42 bits per heavy atom. The van der Waals surface area contributed by atoms with E-state index in [0.717, 1.165) is 17.1 Å². The van der Waals surface area contributed by atoms with E-state index in [1.54, 1.807) is 20.3 Å². The molecule has 3 rings (SSSR count). The van der Waals surface area contributed by atoms with Gasteiger partial charge in [0, 0.05) is 38.5 Å². The van der Waals surface area contributed by atoms with E-state index in [0.29, 0.717) is 11.8 Å². The first kappa shape index (κ1) is 30.2. The number of nitrogens with zero attached hydrogens (tertiary/aromatic N) is 3. The van der Waals surface area contributed by atoms with Gasteiger partial charge < -0.3 is 9.47 Å². The van der Waals surface area contributed by atoms with Crippen LogP contribution in [0.4, 0.5) is 0 Å². The lowest BCUT2D eigenvalue weighted by atomic mass is 10.3. The van der Waals surface area contributed by atoms with E-state index in [1.165, 1.54) is 18.1 Å². The maximum Gasteiger partial charge on any atom is 0.213 e. The van der Waals surface area contributed by atoms with E-state index < -0.39 is 8.07 Å². The second kappa shape index (κ2) is 17.7. The summed E-state index contributed by atoms with van der Waals surface area (Å²) in [5, 5.41) is 0. The van der Waals surface area contributed by atoms with Gasteiger partial charge in [0.1, 0.15) is 6.08 Å². The van der Waals surface area contributed by atoms with Crippen LogP contribution in [0.15, 0.2) is 65.3 Å². The molecule has 0 saturated carbocycles. The third-order valence-corrected chi connectivity index (χ3v) is 10.6. The van der Waals surface area contributed by atoms with Gasteiger partial charge in [0.2, 0.25) is 11.8 Å². The van der Waals surface area contributed by atoms with Gasteiger partial charge in [-0.1, -0.05) is 62.6 Å². The highest BCUT2D eigenvalue weighted by Gasteiger charge is 2.18. The van der Waals surface area contributed by atoms with E-state index in [9.17, 15) is 0 Å². The number of pyridine rings is 2. The highest BCUT2D eigenvalue weighted by atomic mass is 28.3. The Labute approximate surface area is 202 Å². The molecule has 0 bridgehead atoms. The molecule has 0 atom stereocenters. The van der Waals surface area contributed by atoms with E-state index >= 15 is 0 Å². The summed E-state index contributed by atoms with van der Waals surface area (Å²) in [6.07, 6.45) is 8.36. The summed E-state index contributed by atoms with van der Waals surface area (Å²) in [5.74, 6) is 1.35. The molecule has 3 heterocycles. The van der Waals surface area contributed by atoms with Crippen LogP contribution in [0.25, 0.3) is 0 Å². The Balaban J connectivity index is 0.000000416. The summed E-state index contributed by atoms with van der Waals surface area (Å²) < 4.78 is 9.77. The van der Waals surface area contributed by atoms with Crippen LogP contribution in [0.1, 0.15) is 39.1 Å². The van der Waals surface area contributed by atoms with Crippen LogP contribution in [-0.2, 0) is 0 Å². The van der Waals surface area contributed by atoms with E-state index in [1.807, 2.05) is 69.3 Å². The molecule has 0 fully saturated rings. The largest absolute Gasteiger partial charge is 0.481 e. The Hall–Kier alpha value is -2.82. The van der Waals surface area contributed by atoms with E-state index in [-0.39, 0.29) is 0 Å². The van der Waals surface area contributed by atoms with Crippen molar-refractivity contribution in [2.45, 2.75) is 66.2 Å². The predicted molar refractivity (Wildman–Crippen MR) is 144 cm³/mol. The quantitative estimate of drug-likeness (QED) is 0.340. The topological polar surface area (TPSA) is 56.6 Å². The number of allylic oxidation sites excluding steroid dienone is 4. The second-order valence-electron chi connectivity index (χ2n) is 7.92. The first-order valence-electron chi connectivity index (χ1n) is 11.5. The molecule has 1 aliphatic rings. The van der Waals surface area contributed by atoms with Crippen molar-refractivity contribution in [3.63, 3.8) is 0 Å². The maximum absolute atomic E-state index is 4.88. The Morgan fingerprint density at radius 2 is 1.24 bits per heavy atom. The molecule has 0 amide bonds. The summed E-state index contributed by atoms with van der Waals surface area (Å²) >= 11 is 0. The van der Waals surface area contributed by atoms with Crippen molar-refractivity contribution in [2.75, 3.05) is 14.2 Å². The number of ether oxygens (including phenoxy) is 2. The number of aryl methyl sites for hydroxylation is 2. The summed E-state index contributed by atoms with van der Waals surface area (Å²) in [5.41, 5.74) is 2.98. The molecule has 1 aliphatic heterocycles. The molecule has 5 nitrogen and oxygen atoms in total. The van der Waals surface area contributed by atoms with Crippen LogP contribution in [0.3, 0.4) is 0 Å². The number of aliphatic imine (C=N–C) groups is 1. The molecule has 2 aromatic rings. The van der Waals surface area contributed by atoms with Crippen LogP contribution in [0.5, 0.6) is 11.8 Å². The molecular weight excluding hydrogens is 426 g/mol. The number of hydrogen-bond acceptors (Lipinski definition) is 5. The molecule has 33 heavy (non-hydrogen) atoms. The van der Waals surface area contributed by atoms with Crippen molar-refractivity contribution < 1.29 is 9.47 Å². The number of rotatable bonds is 5. The first-order chi connectivity index (χ1) is 15.7. The molecule has 0 N–H and O–H groups in total. The maximum atomic E-state index is 4.88.